The van der Waals surface area contributed by atoms with Gasteiger partial charge < -0.3 is 15.0 Å². The highest BCUT2D eigenvalue weighted by atomic mass is 19.3. The number of nitrogens with one attached hydrogen (secondary N) is 1. The third-order valence-corrected chi connectivity index (χ3v) is 3.96. The molecule has 0 unspecified atom stereocenters. The zero-order chi connectivity index (χ0) is 17.6. The second-order valence-electron chi connectivity index (χ2n) is 5.55. The van der Waals surface area contributed by atoms with Crippen LogP contribution in [-0.4, -0.2) is 56.9 Å². The number of amides is 1. The van der Waals surface area contributed by atoms with E-state index in [1.54, 1.807) is 4.40 Å². The van der Waals surface area contributed by atoms with E-state index in [1.165, 1.54) is 19.4 Å². The minimum absolute atomic E-state index is 0.194. The Morgan fingerprint density at radius 1 is 1.44 bits per heavy atom. The second kappa shape index (κ2) is 5.76. The first-order valence-corrected chi connectivity index (χ1v) is 7.47. The van der Waals surface area contributed by atoms with Crippen molar-refractivity contribution < 1.29 is 18.3 Å². The normalized spacial score (nSPS) is 15.0. The molecule has 4 heterocycles. The van der Waals surface area contributed by atoms with E-state index < -0.39 is 12.5 Å². The number of pyridine rings is 1. The lowest BCUT2D eigenvalue weighted by atomic mass is 10.1. The highest BCUT2D eigenvalue weighted by Gasteiger charge is 2.33. The summed E-state index contributed by atoms with van der Waals surface area (Å²) >= 11 is 0. The number of nitrogens with zero attached hydrogens (tertiary/aromatic N) is 6. The van der Waals surface area contributed by atoms with Crippen molar-refractivity contribution in [1.29, 1.82) is 0 Å². The highest BCUT2D eigenvalue weighted by Crippen LogP contribution is 2.28. The maximum absolute atomic E-state index is 12.9. The molecule has 4 rings (SSSR count). The van der Waals surface area contributed by atoms with Crippen molar-refractivity contribution in [2.24, 2.45) is 0 Å². The lowest BCUT2D eigenvalue weighted by Gasteiger charge is -2.38. The molecule has 3 aromatic heterocycles. The maximum Gasteiger partial charge on any atom is 0.407 e. The van der Waals surface area contributed by atoms with Gasteiger partial charge in [0.2, 0.25) is 5.65 Å². The molecule has 0 atom stereocenters. The van der Waals surface area contributed by atoms with Crippen molar-refractivity contribution in [3.05, 3.63) is 24.2 Å². The first-order valence-electron chi connectivity index (χ1n) is 7.47. The standard InChI is InChI=1S/C14H13F2N7O2/c1-17-14(24)25-8-4-22(5-8)12-13-21-19-6-23(13)9-2-7(10(15)16)3-18-11(9)20-12/h2-3,6,8,10H,4-5H2,1H3,(H,17,24). The van der Waals surface area contributed by atoms with E-state index in [0.717, 1.165) is 6.20 Å². The molecular formula is C14H13F2N7O2. The van der Waals surface area contributed by atoms with E-state index in [1.807, 2.05) is 4.90 Å². The summed E-state index contributed by atoms with van der Waals surface area (Å²) in [5.41, 5.74) is 0.946. The molecule has 130 valence electrons. The fraction of sp³-hybridized carbons (Fsp3) is 0.357. The van der Waals surface area contributed by atoms with Gasteiger partial charge in [0.1, 0.15) is 12.4 Å². The Morgan fingerprint density at radius 2 is 2.24 bits per heavy atom. The highest BCUT2D eigenvalue weighted by molar-refractivity contribution is 5.81. The summed E-state index contributed by atoms with van der Waals surface area (Å²) in [5.74, 6) is 0.513. The van der Waals surface area contributed by atoms with Crippen LogP contribution in [0.15, 0.2) is 18.6 Å². The number of carbonyl (C=O) groups is 1. The van der Waals surface area contributed by atoms with Gasteiger partial charge in [-0.1, -0.05) is 0 Å². The molecule has 1 saturated heterocycles. The van der Waals surface area contributed by atoms with Crippen LogP contribution in [0.25, 0.3) is 16.8 Å². The molecule has 11 heteroatoms. The quantitative estimate of drug-likeness (QED) is 0.757. The largest absolute Gasteiger partial charge is 0.442 e. The van der Waals surface area contributed by atoms with E-state index in [0.29, 0.717) is 35.7 Å². The van der Waals surface area contributed by atoms with Crippen LogP contribution in [0.3, 0.4) is 0 Å². The van der Waals surface area contributed by atoms with Gasteiger partial charge in [0, 0.05) is 18.8 Å². The number of alkyl halides is 2. The molecule has 1 N–H and O–H groups in total. The van der Waals surface area contributed by atoms with Crippen LogP contribution in [0, 0.1) is 0 Å². The van der Waals surface area contributed by atoms with Gasteiger partial charge in [0.25, 0.3) is 6.43 Å². The fourth-order valence-corrected chi connectivity index (χ4v) is 2.67. The number of fused-ring (bicyclic) bond motifs is 3. The molecule has 3 aromatic rings. The molecule has 0 aromatic carbocycles. The van der Waals surface area contributed by atoms with Crippen molar-refractivity contribution in [2.45, 2.75) is 12.5 Å². The van der Waals surface area contributed by atoms with Crippen molar-refractivity contribution in [2.75, 3.05) is 25.0 Å². The fourth-order valence-electron chi connectivity index (χ4n) is 2.67. The first kappa shape index (κ1) is 15.4. The molecule has 9 nitrogen and oxygen atoms in total. The minimum Gasteiger partial charge on any atom is -0.442 e. The zero-order valence-electron chi connectivity index (χ0n) is 13.1. The molecule has 25 heavy (non-hydrogen) atoms. The maximum atomic E-state index is 12.9. The Hall–Kier alpha value is -3.11. The van der Waals surface area contributed by atoms with Crippen LogP contribution in [0.1, 0.15) is 12.0 Å². The minimum atomic E-state index is -2.62. The summed E-state index contributed by atoms with van der Waals surface area (Å²) in [6.07, 6.45) is -0.841. The summed E-state index contributed by atoms with van der Waals surface area (Å²) in [5, 5.41) is 10.3. The van der Waals surface area contributed by atoms with Gasteiger partial charge in [-0.2, -0.15) is 0 Å². The Labute approximate surface area is 139 Å². The number of carbonyl (C=O) groups excluding carboxylic acids is 1. The van der Waals surface area contributed by atoms with E-state index >= 15 is 0 Å². The molecule has 0 aliphatic carbocycles. The SMILES string of the molecule is CNC(=O)OC1CN(c2nc3ncc(C(F)F)cc3n3cnnc23)C1. The molecule has 0 radical (unpaired) electrons. The van der Waals surface area contributed by atoms with Crippen molar-refractivity contribution in [3.8, 4) is 0 Å². The molecule has 0 bridgehead atoms. The van der Waals surface area contributed by atoms with Crippen molar-refractivity contribution in [1.82, 2.24) is 29.9 Å². The molecule has 1 aliphatic rings. The molecule has 1 aliphatic heterocycles. The average molecular weight is 349 g/mol. The van der Waals surface area contributed by atoms with Gasteiger partial charge in [-0.15, -0.1) is 10.2 Å². The van der Waals surface area contributed by atoms with Gasteiger partial charge in [-0.05, 0) is 6.07 Å². The summed E-state index contributed by atoms with van der Waals surface area (Å²) in [7, 11) is 1.49. The molecule has 1 fully saturated rings. The van der Waals surface area contributed by atoms with Crippen LogP contribution in [-0.2, 0) is 4.74 Å². The van der Waals surface area contributed by atoms with Crippen LogP contribution in [0.5, 0.6) is 0 Å². The summed E-state index contributed by atoms with van der Waals surface area (Å²) in [6.45, 7) is 0.896. The third kappa shape index (κ3) is 2.57. The smallest absolute Gasteiger partial charge is 0.407 e. The van der Waals surface area contributed by atoms with E-state index in [9.17, 15) is 13.6 Å². The second-order valence-corrected chi connectivity index (χ2v) is 5.55. The van der Waals surface area contributed by atoms with Crippen LogP contribution < -0.4 is 10.2 Å². The third-order valence-electron chi connectivity index (χ3n) is 3.96. The van der Waals surface area contributed by atoms with E-state index in [2.05, 4.69) is 25.5 Å². The zero-order valence-corrected chi connectivity index (χ0v) is 13.1. The summed E-state index contributed by atoms with van der Waals surface area (Å²) in [6, 6.07) is 1.33. The molecule has 1 amide bonds. The van der Waals surface area contributed by atoms with Gasteiger partial charge in [-0.3, -0.25) is 4.40 Å². The number of ether oxygens (including phenoxy) is 1. The van der Waals surface area contributed by atoms with Gasteiger partial charge in [-0.25, -0.2) is 23.5 Å². The predicted octanol–water partition coefficient (Wildman–Crippen LogP) is 1.15. The van der Waals surface area contributed by atoms with Crippen LogP contribution in [0.2, 0.25) is 0 Å². The lowest BCUT2D eigenvalue weighted by molar-refractivity contribution is 0.0824. The lowest BCUT2D eigenvalue weighted by Crippen LogP contribution is -2.54. The molecular weight excluding hydrogens is 336 g/mol. The van der Waals surface area contributed by atoms with Gasteiger partial charge in [0.15, 0.2) is 11.5 Å². The Kier molecular flexibility index (Phi) is 3.55. The van der Waals surface area contributed by atoms with Crippen LogP contribution >= 0.6 is 0 Å². The summed E-state index contributed by atoms with van der Waals surface area (Å²) in [4.78, 5) is 21.5. The van der Waals surface area contributed by atoms with Gasteiger partial charge >= 0.3 is 6.09 Å². The first-order chi connectivity index (χ1) is 12.1. The molecule has 0 saturated carbocycles. The van der Waals surface area contributed by atoms with Crippen LogP contribution in [0.4, 0.5) is 19.4 Å². The van der Waals surface area contributed by atoms with Crippen molar-refractivity contribution in [3.63, 3.8) is 0 Å². The number of hydrogen-bond donors (Lipinski definition) is 1. The average Bonchev–Trinajstić information content (AvgIpc) is 3.06. The Balaban J connectivity index is 1.69. The number of hydrogen-bond acceptors (Lipinski definition) is 7. The monoisotopic (exact) mass is 349 g/mol. The number of rotatable bonds is 3. The van der Waals surface area contributed by atoms with Crippen molar-refractivity contribution >= 4 is 28.7 Å². The number of aromatic nitrogens is 5. The predicted molar refractivity (Wildman–Crippen MR) is 82.6 cm³/mol. The van der Waals surface area contributed by atoms with Gasteiger partial charge in [0.05, 0.1) is 18.6 Å². The summed E-state index contributed by atoms with van der Waals surface area (Å²) < 4.78 is 32.5. The Morgan fingerprint density at radius 3 is 2.96 bits per heavy atom. The number of alkyl carbamates (subject to hydrolysis) is 1. The topological polar surface area (TPSA) is 97.5 Å². The van der Waals surface area contributed by atoms with E-state index in [4.69, 9.17) is 4.74 Å². The van der Waals surface area contributed by atoms with E-state index in [-0.39, 0.29) is 11.7 Å². The number of anilines is 1. The Bertz CT molecular complexity index is 955. The molecule has 0 spiro atoms. The number of halogens is 2.